The summed E-state index contributed by atoms with van der Waals surface area (Å²) in [5.74, 6) is 2.46. The molecule has 3 saturated carbocycles. The molecule has 0 aliphatic heterocycles. The minimum Gasteiger partial charge on any atom is -0.504 e. The van der Waals surface area contributed by atoms with E-state index < -0.39 is 0 Å². The number of aliphatic hydroxyl groups excluding tert-OH is 2. The van der Waals surface area contributed by atoms with Crippen LogP contribution >= 0.6 is 0 Å². The van der Waals surface area contributed by atoms with Gasteiger partial charge >= 0.3 is 0 Å². The fourth-order valence-corrected chi connectivity index (χ4v) is 6.24. The summed E-state index contributed by atoms with van der Waals surface area (Å²) in [6.07, 6.45) is 7.72. The van der Waals surface area contributed by atoms with Crippen LogP contribution in [0.1, 0.15) is 58.3 Å². The number of rotatable bonds is 0. The van der Waals surface area contributed by atoms with E-state index in [-0.39, 0.29) is 23.1 Å². The standard InChI is InChI=1S/C18H26O3/c1-18-9-8-11-10-4-6-15(19)17(21)13(10)3-2-12(11)14(18)5-7-16(18)20/h10-12,14,16,20-21H,2-9H2,1H3/t10-,11+,12+,14-,16-,18-/m0/s1. The van der Waals surface area contributed by atoms with E-state index in [1.54, 1.807) is 0 Å². The van der Waals surface area contributed by atoms with Gasteiger partial charge in [-0.15, -0.1) is 0 Å². The highest BCUT2D eigenvalue weighted by Crippen LogP contribution is 2.61. The molecule has 0 bridgehead atoms. The van der Waals surface area contributed by atoms with Crippen LogP contribution in [0, 0.1) is 29.1 Å². The molecule has 4 rings (SSSR count). The SMILES string of the molecule is C[C@]12CC[C@H]3[C@@H](CCC4=C(O)C(=O)CC[C@H]43)[C@@H]1CC[C@@H]2O. The summed E-state index contributed by atoms with van der Waals surface area (Å²) in [5.41, 5.74) is 1.18. The number of hydrogen-bond donors (Lipinski definition) is 2. The predicted octanol–water partition coefficient (Wildman–Crippen LogP) is 3.37. The maximum atomic E-state index is 11.7. The van der Waals surface area contributed by atoms with E-state index in [0.29, 0.717) is 30.1 Å². The van der Waals surface area contributed by atoms with Gasteiger partial charge in [0.15, 0.2) is 11.5 Å². The van der Waals surface area contributed by atoms with E-state index >= 15 is 0 Å². The van der Waals surface area contributed by atoms with Crippen LogP contribution in [-0.2, 0) is 4.79 Å². The molecule has 0 unspecified atom stereocenters. The first kappa shape index (κ1) is 13.8. The van der Waals surface area contributed by atoms with Crippen LogP contribution in [0.4, 0.5) is 0 Å². The molecule has 0 spiro atoms. The van der Waals surface area contributed by atoms with Gasteiger partial charge < -0.3 is 10.2 Å². The van der Waals surface area contributed by atoms with Crippen LogP contribution in [-0.4, -0.2) is 22.1 Å². The fourth-order valence-electron chi connectivity index (χ4n) is 6.24. The maximum absolute atomic E-state index is 11.7. The van der Waals surface area contributed by atoms with Crippen LogP contribution in [0.5, 0.6) is 0 Å². The van der Waals surface area contributed by atoms with Gasteiger partial charge in [-0.05, 0) is 79.6 Å². The van der Waals surface area contributed by atoms with Crippen LogP contribution in [0.25, 0.3) is 0 Å². The zero-order valence-corrected chi connectivity index (χ0v) is 12.8. The zero-order chi connectivity index (χ0) is 14.8. The smallest absolute Gasteiger partial charge is 0.197 e. The Hall–Kier alpha value is -0.830. The molecule has 6 atom stereocenters. The number of carbonyl (C=O) groups is 1. The Kier molecular flexibility index (Phi) is 3.01. The summed E-state index contributed by atoms with van der Waals surface area (Å²) in [4.78, 5) is 11.7. The van der Waals surface area contributed by atoms with Crippen LogP contribution in [0.15, 0.2) is 11.3 Å². The number of hydrogen-bond acceptors (Lipinski definition) is 3. The number of Topliss-reactive ketones (excluding diaryl/α,β-unsaturated/α-hetero) is 1. The molecular weight excluding hydrogens is 264 g/mol. The van der Waals surface area contributed by atoms with Crippen molar-refractivity contribution in [3.05, 3.63) is 11.3 Å². The molecule has 3 heteroatoms. The predicted molar refractivity (Wildman–Crippen MR) is 79.7 cm³/mol. The molecular formula is C18H26O3. The third-order valence-corrected chi connectivity index (χ3v) is 7.40. The molecule has 2 N–H and O–H groups in total. The second-order valence-electron chi connectivity index (χ2n) is 8.05. The van der Waals surface area contributed by atoms with Crippen molar-refractivity contribution in [1.82, 2.24) is 0 Å². The average Bonchev–Trinajstić information content (AvgIpc) is 2.78. The number of carbonyl (C=O) groups excluding carboxylic acids is 1. The van der Waals surface area contributed by atoms with Crippen molar-refractivity contribution < 1.29 is 15.0 Å². The van der Waals surface area contributed by atoms with Crippen LogP contribution in [0.3, 0.4) is 0 Å². The molecule has 21 heavy (non-hydrogen) atoms. The van der Waals surface area contributed by atoms with Gasteiger partial charge in [0.05, 0.1) is 6.10 Å². The second kappa shape index (κ2) is 4.58. The van der Waals surface area contributed by atoms with Crippen LogP contribution in [0.2, 0.25) is 0 Å². The normalized spacial score (nSPS) is 49.6. The first-order valence-electron chi connectivity index (χ1n) is 8.65. The third-order valence-electron chi connectivity index (χ3n) is 7.40. The van der Waals surface area contributed by atoms with Crippen molar-refractivity contribution in [2.24, 2.45) is 29.1 Å². The van der Waals surface area contributed by atoms with Crippen molar-refractivity contribution in [1.29, 1.82) is 0 Å². The number of allylic oxidation sites excluding steroid dienone is 1. The highest BCUT2D eigenvalue weighted by atomic mass is 16.3. The summed E-state index contributed by atoms with van der Waals surface area (Å²) in [6, 6.07) is 0. The van der Waals surface area contributed by atoms with Gasteiger partial charge in [0, 0.05) is 6.42 Å². The van der Waals surface area contributed by atoms with E-state index in [9.17, 15) is 15.0 Å². The molecule has 4 aliphatic rings. The molecule has 4 aliphatic carbocycles. The van der Waals surface area contributed by atoms with Gasteiger partial charge in [-0.1, -0.05) is 6.92 Å². The molecule has 0 radical (unpaired) electrons. The highest BCUT2D eigenvalue weighted by molar-refractivity contribution is 5.94. The number of fused-ring (bicyclic) bond motifs is 5. The first-order chi connectivity index (χ1) is 10.0. The lowest BCUT2D eigenvalue weighted by atomic mass is 9.52. The Morgan fingerprint density at radius 2 is 1.86 bits per heavy atom. The van der Waals surface area contributed by atoms with Crippen molar-refractivity contribution in [2.75, 3.05) is 0 Å². The summed E-state index contributed by atoms with van der Waals surface area (Å²) >= 11 is 0. The molecule has 0 amide bonds. The lowest BCUT2D eigenvalue weighted by molar-refractivity contribution is -0.120. The molecule has 3 fully saturated rings. The van der Waals surface area contributed by atoms with Gasteiger partial charge in [0.2, 0.25) is 0 Å². The van der Waals surface area contributed by atoms with Gasteiger partial charge in [-0.2, -0.15) is 0 Å². The van der Waals surface area contributed by atoms with E-state index in [4.69, 9.17) is 0 Å². The topological polar surface area (TPSA) is 57.5 Å². The van der Waals surface area contributed by atoms with Gasteiger partial charge in [0.1, 0.15) is 0 Å². The van der Waals surface area contributed by atoms with Crippen molar-refractivity contribution in [2.45, 2.75) is 64.4 Å². The zero-order valence-electron chi connectivity index (χ0n) is 12.8. The Labute approximate surface area is 126 Å². The van der Waals surface area contributed by atoms with Gasteiger partial charge in [0.25, 0.3) is 0 Å². The van der Waals surface area contributed by atoms with Crippen molar-refractivity contribution in [3.63, 3.8) is 0 Å². The van der Waals surface area contributed by atoms with E-state index in [1.807, 2.05) is 0 Å². The first-order valence-corrected chi connectivity index (χ1v) is 8.65. The Bertz CT molecular complexity index is 509. The monoisotopic (exact) mass is 290 g/mol. The van der Waals surface area contributed by atoms with Crippen LogP contribution < -0.4 is 0 Å². The largest absolute Gasteiger partial charge is 0.504 e. The Morgan fingerprint density at radius 3 is 2.67 bits per heavy atom. The van der Waals surface area contributed by atoms with Crippen molar-refractivity contribution >= 4 is 5.78 Å². The van der Waals surface area contributed by atoms with E-state index in [1.165, 1.54) is 0 Å². The molecule has 0 heterocycles. The van der Waals surface area contributed by atoms with Gasteiger partial charge in [-0.3, -0.25) is 4.79 Å². The number of ketones is 1. The minimum atomic E-state index is -0.123. The highest BCUT2D eigenvalue weighted by Gasteiger charge is 2.56. The molecule has 0 saturated heterocycles. The van der Waals surface area contributed by atoms with Crippen molar-refractivity contribution in [3.8, 4) is 0 Å². The minimum absolute atomic E-state index is 0.0448. The van der Waals surface area contributed by atoms with E-state index in [0.717, 1.165) is 50.5 Å². The summed E-state index contributed by atoms with van der Waals surface area (Å²) in [6.45, 7) is 2.29. The fraction of sp³-hybridized carbons (Fsp3) is 0.833. The summed E-state index contributed by atoms with van der Waals surface area (Å²) < 4.78 is 0. The third kappa shape index (κ3) is 1.79. The number of aliphatic hydroxyl groups is 2. The second-order valence-corrected chi connectivity index (χ2v) is 8.05. The maximum Gasteiger partial charge on any atom is 0.197 e. The van der Waals surface area contributed by atoms with Gasteiger partial charge in [-0.25, -0.2) is 0 Å². The Morgan fingerprint density at radius 1 is 1.05 bits per heavy atom. The molecule has 0 aromatic heterocycles. The van der Waals surface area contributed by atoms with E-state index in [2.05, 4.69) is 6.92 Å². The summed E-state index contributed by atoms with van der Waals surface area (Å²) in [7, 11) is 0. The average molecular weight is 290 g/mol. The molecule has 0 aromatic carbocycles. The lowest BCUT2D eigenvalue weighted by Crippen LogP contribution is -2.47. The quantitative estimate of drug-likeness (QED) is 0.719. The molecule has 3 nitrogen and oxygen atoms in total. The lowest BCUT2D eigenvalue weighted by Gasteiger charge is -2.53. The summed E-state index contributed by atoms with van der Waals surface area (Å²) in [5, 5.41) is 20.5. The molecule has 116 valence electrons. The molecule has 0 aromatic rings. The Balaban J connectivity index is 1.66.